The van der Waals surface area contributed by atoms with Crippen LogP contribution in [-0.2, 0) is 21.1 Å². The minimum absolute atomic E-state index is 0.0614. The summed E-state index contributed by atoms with van der Waals surface area (Å²) in [6.45, 7) is 4.57. The molecule has 3 rings (SSSR count). The predicted octanol–water partition coefficient (Wildman–Crippen LogP) is 2.78. The van der Waals surface area contributed by atoms with Crippen LogP contribution in [-0.4, -0.2) is 68.0 Å². The maximum Gasteiger partial charge on any atom is 0.251 e. The monoisotopic (exact) mass is 454 g/mol. The highest BCUT2D eigenvalue weighted by atomic mass is 32.2. The topological polar surface area (TPSA) is 85.3 Å². The molecule has 1 aromatic rings. The molecule has 9 heteroatoms. The average molecular weight is 455 g/mol. The minimum atomic E-state index is -3.06. The summed E-state index contributed by atoms with van der Waals surface area (Å²) in [7, 11) is 0.137. The molecule has 0 unspecified atom stereocenters. The van der Waals surface area contributed by atoms with Crippen molar-refractivity contribution in [2.75, 3.05) is 32.3 Å². The number of hydrogen-bond acceptors (Lipinski definition) is 6. The van der Waals surface area contributed by atoms with Crippen molar-refractivity contribution in [3.8, 4) is 11.5 Å². The zero-order chi connectivity index (χ0) is 21.9. The Morgan fingerprint density at radius 1 is 1.20 bits per heavy atom. The van der Waals surface area contributed by atoms with Gasteiger partial charge >= 0.3 is 0 Å². The van der Waals surface area contributed by atoms with Crippen molar-refractivity contribution >= 4 is 32.7 Å². The van der Waals surface area contributed by atoms with Crippen molar-refractivity contribution in [3.05, 3.63) is 23.8 Å². The molecule has 0 aliphatic carbocycles. The molecule has 2 saturated heterocycles. The van der Waals surface area contributed by atoms with Crippen LogP contribution in [0.15, 0.2) is 23.2 Å². The summed E-state index contributed by atoms with van der Waals surface area (Å²) in [4.78, 5) is 19.1. The predicted molar refractivity (Wildman–Crippen MR) is 120 cm³/mol. The van der Waals surface area contributed by atoms with Crippen LogP contribution in [0.25, 0.3) is 0 Å². The Morgan fingerprint density at radius 2 is 1.90 bits per heavy atom. The number of sulfone groups is 1. The van der Waals surface area contributed by atoms with E-state index in [2.05, 4.69) is 4.99 Å². The first-order chi connectivity index (χ1) is 14.3. The molecule has 0 saturated carbocycles. The number of thioether (sulfide) groups is 1. The van der Waals surface area contributed by atoms with Crippen LogP contribution >= 0.6 is 11.8 Å². The van der Waals surface area contributed by atoms with Crippen LogP contribution in [0.4, 0.5) is 0 Å². The van der Waals surface area contributed by atoms with Gasteiger partial charge in [-0.1, -0.05) is 31.7 Å². The van der Waals surface area contributed by atoms with Gasteiger partial charge in [-0.15, -0.1) is 0 Å². The Morgan fingerprint density at radius 3 is 2.53 bits per heavy atom. The van der Waals surface area contributed by atoms with Crippen molar-refractivity contribution in [1.82, 2.24) is 4.90 Å². The molecule has 0 N–H and O–H groups in total. The van der Waals surface area contributed by atoms with Crippen molar-refractivity contribution in [3.63, 3.8) is 0 Å². The molecular formula is C21H30N2O5S2. The number of aliphatic imine (C=N–C) groups is 1. The van der Waals surface area contributed by atoms with E-state index < -0.39 is 9.84 Å². The van der Waals surface area contributed by atoms with Gasteiger partial charge < -0.3 is 14.4 Å². The number of fused-ring (bicyclic) bond motifs is 1. The third kappa shape index (κ3) is 4.94. The summed E-state index contributed by atoms with van der Waals surface area (Å²) < 4.78 is 35.0. The van der Waals surface area contributed by atoms with Crippen LogP contribution in [0.5, 0.6) is 11.5 Å². The summed E-state index contributed by atoms with van der Waals surface area (Å²) in [5.74, 6) is 1.39. The van der Waals surface area contributed by atoms with E-state index in [1.165, 1.54) is 11.8 Å². The molecule has 30 heavy (non-hydrogen) atoms. The number of hydrogen-bond donors (Lipinski definition) is 0. The molecule has 2 heterocycles. The molecule has 7 nitrogen and oxygen atoms in total. The highest BCUT2D eigenvalue weighted by Gasteiger charge is 2.48. The largest absolute Gasteiger partial charge is 0.493 e. The van der Waals surface area contributed by atoms with Crippen LogP contribution in [0, 0.1) is 5.92 Å². The maximum absolute atomic E-state index is 12.6. The summed E-state index contributed by atoms with van der Waals surface area (Å²) in [6, 6.07) is 5.63. The summed E-state index contributed by atoms with van der Waals surface area (Å²) in [6.07, 6.45) is 2.19. The highest BCUT2D eigenvalue weighted by molar-refractivity contribution is 8.15. The fourth-order valence-electron chi connectivity index (χ4n) is 4.01. The van der Waals surface area contributed by atoms with E-state index in [9.17, 15) is 13.2 Å². The first-order valence-corrected chi connectivity index (χ1v) is 13.0. The van der Waals surface area contributed by atoms with Gasteiger partial charge in [-0.05, 0) is 37.0 Å². The number of benzene rings is 1. The first-order valence-electron chi connectivity index (χ1n) is 10.3. The number of carbonyl (C=O) groups is 1. The molecule has 2 aliphatic heterocycles. The average Bonchev–Trinajstić information content (AvgIpc) is 3.17. The molecular weight excluding hydrogens is 424 g/mol. The fourth-order valence-corrected chi connectivity index (χ4v) is 7.99. The lowest BCUT2D eigenvalue weighted by atomic mass is 10.0. The third-order valence-corrected chi connectivity index (χ3v) is 9.05. The zero-order valence-corrected chi connectivity index (χ0v) is 19.6. The molecule has 2 aliphatic rings. The van der Waals surface area contributed by atoms with Crippen LogP contribution in [0.1, 0.15) is 32.3 Å². The third-order valence-electron chi connectivity index (χ3n) is 5.80. The number of carbonyl (C=O) groups excluding carboxylic acids is 1. The van der Waals surface area contributed by atoms with Gasteiger partial charge in [0.2, 0.25) is 0 Å². The van der Waals surface area contributed by atoms with Crippen molar-refractivity contribution < 1.29 is 22.7 Å². The van der Waals surface area contributed by atoms with E-state index in [4.69, 9.17) is 9.47 Å². The van der Waals surface area contributed by atoms with Crippen LogP contribution in [0.3, 0.4) is 0 Å². The molecule has 1 amide bonds. The molecule has 2 atom stereocenters. The Bertz CT molecular complexity index is 912. The second-order valence-electron chi connectivity index (χ2n) is 7.68. The zero-order valence-electron chi connectivity index (χ0n) is 18.0. The van der Waals surface area contributed by atoms with Gasteiger partial charge in [-0.2, -0.15) is 4.99 Å². The molecule has 166 valence electrons. The van der Waals surface area contributed by atoms with Crippen LogP contribution in [0.2, 0.25) is 0 Å². The quantitative estimate of drug-likeness (QED) is 0.597. The number of rotatable bonds is 8. The van der Waals surface area contributed by atoms with Gasteiger partial charge in [-0.3, -0.25) is 4.79 Å². The second kappa shape index (κ2) is 9.60. The SMILES string of the molecule is CCC(CC)C(=O)N=C1S[C@H]2CS(=O)(=O)C[C@H]2N1CCc1ccc(OC)c(OC)c1. The molecule has 0 bridgehead atoms. The molecule has 0 spiro atoms. The van der Waals surface area contributed by atoms with Crippen molar-refractivity contribution in [2.24, 2.45) is 10.9 Å². The number of methoxy groups -OCH3 is 2. The van der Waals surface area contributed by atoms with E-state index in [0.29, 0.717) is 29.6 Å². The van der Waals surface area contributed by atoms with E-state index in [0.717, 1.165) is 18.4 Å². The fraction of sp³-hybridized carbons (Fsp3) is 0.619. The van der Waals surface area contributed by atoms with Crippen LogP contribution < -0.4 is 9.47 Å². The van der Waals surface area contributed by atoms with Gasteiger partial charge in [0.25, 0.3) is 5.91 Å². The Kier molecular flexibility index (Phi) is 7.34. The van der Waals surface area contributed by atoms with E-state index in [1.807, 2.05) is 36.9 Å². The van der Waals surface area contributed by atoms with Gasteiger partial charge in [0.05, 0.1) is 31.8 Å². The number of amidine groups is 1. The lowest BCUT2D eigenvalue weighted by molar-refractivity contribution is -0.121. The van der Waals surface area contributed by atoms with E-state index in [1.54, 1.807) is 14.2 Å². The van der Waals surface area contributed by atoms with Crippen molar-refractivity contribution in [2.45, 2.75) is 44.4 Å². The number of ether oxygens (including phenoxy) is 2. The normalized spacial score (nSPS) is 23.8. The minimum Gasteiger partial charge on any atom is -0.493 e. The van der Waals surface area contributed by atoms with E-state index in [-0.39, 0.29) is 34.6 Å². The molecule has 1 aromatic carbocycles. The lowest BCUT2D eigenvalue weighted by Gasteiger charge is -2.25. The summed E-state index contributed by atoms with van der Waals surface area (Å²) >= 11 is 1.44. The van der Waals surface area contributed by atoms with E-state index >= 15 is 0 Å². The summed E-state index contributed by atoms with van der Waals surface area (Å²) in [5, 5.41) is 0.603. The standard InChI is InChI=1S/C21H30N2O5S2/c1-5-15(6-2)20(24)22-21-23(16-12-30(25,26)13-19(16)29-21)10-9-14-7-8-17(27-3)18(11-14)28-4/h7-8,11,15-16,19H,5-6,9-10,12-13H2,1-4H3/t16-,19+/m1/s1. The first kappa shape index (κ1) is 22.9. The van der Waals surface area contributed by atoms with Gasteiger partial charge in [-0.25, -0.2) is 8.42 Å². The number of nitrogens with zero attached hydrogens (tertiary/aromatic N) is 2. The highest BCUT2D eigenvalue weighted by Crippen LogP contribution is 2.38. The Hall–Kier alpha value is -1.74. The maximum atomic E-state index is 12.6. The Balaban J connectivity index is 1.81. The molecule has 2 fully saturated rings. The van der Waals surface area contributed by atoms with Gasteiger partial charge in [0.15, 0.2) is 26.5 Å². The number of amides is 1. The van der Waals surface area contributed by atoms with Gasteiger partial charge in [0, 0.05) is 17.7 Å². The smallest absolute Gasteiger partial charge is 0.251 e. The molecule has 0 aromatic heterocycles. The second-order valence-corrected chi connectivity index (χ2v) is 11.0. The summed E-state index contributed by atoms with van der Waals surface area (Å²) in [5.41, 5.74) is 1.05. The van der Waals surface area contributed by atoms with Crippen molar-refractivity contribution in [1.29, 1.82) is 0 Å². The van der Waals surface area contributed by atoms with Gasteiger partial charge in [0.1, 0.15) is 0 Å². The molecule has 0 radical (unpaired) electrons. The lowest BCUT2D eigenvalue weighted by Crippen LogP contribution is -2.39. The Labute approximate surface area is 183 Å².